The van der Waals surface area contributed by atoms with Crippen LogP contribution in [-0.2, 0) is 9.53 Å². The molecule has 0 saturated heterocycles. The van der Waals surface area contributed by atoms with Gasteiger partial charge in [-0.15, -0.1) is 0 Å². The number of rotatable bonds is 6. The Labute approximate surface area is 110 Å². The Morgan fingerprint density at radius 1 is 1.71 bits per heavy atom. The van der Waals surface area contributed by atoms with Crippen molar-refractivity contribution in [1.82, 2.24) is 10.3 Å². The fourth-order valence-electron chi connectivity index (χ4n) is 1.22. The van der Waals surface area contributed by atoms with E-state index in [2.05, 4.69) is 10.3 Å². The maximum Gasteiger partial charge on any atom is 0.230 e. The van der Waals surface area contributed by atoms with Crippen molar-refractivity contribution in [3.05, 3.63) is 23.4 Å². The van der Waals surface area contributed by atoms with Crippen LogP contribution in [0.2, 0.25) is 5.02 Å². The number of amides is 1. The van der Waals surface area contributed by atoms with Crippen molar-refractivity contribution < 1.29 is 9.53 Å². The van der Waals surface area contributed by atoms with E-state index in [0.717, 1.165) is 0 Å². The highest BCUT2D eigenvalue weighted by Crippen LogP contribution is 2.23. The molecule has 0 saturated carbocycles. The van der Waals surface area contributed by atoms with E-state index in [1.54, 1.807) is 25.4 Å². The Morgan fingerprint density at radius 3 is 3.12 bits per heavy atom. The molecular formula is C11H15ClN2O2S. The normalized spacial score (nSPS) is 12.2. The van der Waals surface area contributed by atoms with E-state index < -0.39 is 0 Å². The number of hydrogen-bond acceptors (Lipinski definition) is 4. The number of carbonyl (C=O) groups excluding carboxylic acids is 1. The summed E-state index contributed by atoms with van der Waals surface area (Å²) in [5, 5.41) is 4.05. The van der Waals surface area contributed by atoms with Crippen LogP contribution in [0.5, 0.6) is 0 Å². The molecule has 4 nitrogen and oxygen atoms in total. The number of carbonyl (C=O) groups is 1. The Morgan fingerprint density at radius 2 is 2.47 bits per heavy atom. The summed E-state index contributed by atoms with van der Waals surface area (Å²) < 4.78 is 4.93. The van der Waals surface area contributed by atoms with E-state index >= 15 is 0 Å². The summed E-state index contributed by atoms with van der Waals surface area (Å²) in [6, 6.07) is 3.52. The summed E-state index contributed by atoms with van der Waals surface area (Å²) in [5.41, 5.74) is 0. The predicted octanol–water partition coefficient (Wildman–Crippen LogP) is 1.98. The van der Waals surface area contributed by atoms with Crippen molar-refractivity contribution >= 4 is 29.3 Å². The quantitative estimate of drug-likeness (QED) is 0.806. The molecule has 1 amide bonds. The van der Waals surface area contributed by atoms with E-state index in [9.17, 15) is 4.79 Å². The van der Waals surface area contributed by atoms with Crippen molar-refractivity contribution in [2.45, 2.75) is 18.0 Å². The number of pyridine rings is 1. The van der Waals surface area contributed by atoms with Crippen LogP contribution in [0.25, 0.3) is 0 Å². The topological polar surface area (TPSA) is 51.2 Å². The van der Waals surface area contributed by atoms with Gasteiger partial charge in [0.1, 0.15) is 5.03 Å². The molecule has 6 heteroatoms. The first-order valence-electron chi connectivity index (χ1n) is 5.15. The van der Waals surface area contributed by atoms with Crippen LogP contribution in [0.1, 0.15) is 6.92 Å². The summed E-state index contributed by atoms with van der Waals surface area (Å²) in [6.45, 7) is 2.39. The fraction of sp³-hybridized carbons (Fsp3) is 0.455. The van der Waals surface area contributed by atoms with Crippen LogP contribution in [0.15, 0.2) is 23.4 Å². The zero-order valence-corrected chi connectivity index (χ0v) is 11.3. The lowest BCUT2D eigenvalue weighted by Gasteiger charge is -2.12. The smallest absolute Gasteiger partial charge is 0.230 e. The average molecular weight is 275 g/mol. The van der Waals surface area contributed by atoms with Gasteiger partial charge in [0, 0.05) is 19.3 Å². The van der Waals surface area contributed by atoms with Gasteiger partial charge in [-0.05, 0) is 19.1 Å². The highest BCUT2D eigenvalue weighted by molar-refractivity contribution is 8.00. The van der Waals surface area contributed by atoms with Crippen molar-refractivity contribution in [1.29, 1.82) is 0 Å². The van der Waals surface area contributed by atoms with Crippen LogP contribution in [0.3, 0.4) is 0 Å². The minimum Gasteiger partial charge on any atom is -0.383 e. The van der Waals surface area contributed by atoms with Crippen molar-refractivity contribution in [2.24, 2.45) is 0 Å². The lowest BCUT2D eigenvalue weighted by atomic mass is 10.3. The Bertz CT molecular complexity index is 376. The molecule has 0 aliphatic heterocycles. The van der Waals surface area contributed by atoms with Gasteiger partial charge in [-0.1, -0.05) is 23.4 Å². The molecule has 1 heterocycles. The molecule has 0 fully saturated rings. The predicted molar refractivity (Wildman–Crippen MR) is 69.5 cm³/mol. The summed E-state index contributed by atoms with van der Waals surface area (Å²) in [7, 11) is 1.60. The van der Waals surface area contributed by atoms with Gasteiger partial charge in [0.15, 0.2) is 0 Å². The summed E-state index contributed by atoms with van der Waals surface area (Å²) >= 11 is 7.25. The number of hydrogen-bond donors (Lipinski definition) is 1. The molecule has 1 aromatic rings. The van der Waals surface area contributed by atoms with Gasteiger partial charge in [-0.3, -0.25) is 4.79 Å². The summed E-state index contributed by atoms with van der Waals surface area (Å²) in [5.74, 6) is 0.242. The van der Waals surface area contributed by atoms with Crippen LogP contribution in [-0.4, -0.2) is 36.4 Å². The van der Waals surface area contributed by atoms with Gasteiger partial charge >= 0.3 is 0 Å². The zero-order valence-electron chi connectivity index (χ0n) is 9.77. The van der Waals surface area contributed by atoms with Crippen molar-refractivity contribution in [2.75, 3.05) is 19.5 Å². The lowest BCUT2D eigenvalue weighted by molar-refractivity contribution is -0.119. The second-order valence-corrected chi connectivity index (χ2v) is 4.87. The molecule has 0 aliphatic carbocycles. The second kappa shape index (κ2) is 7.53. The molecule has 1 aromatic heterocycles. The first-order valence-corrected chi connectivity index (χ1v) is 6.51. The Balaban J connectivity index is 2.36. The van der Waals surface area contributed by atoms with Gasteiger partial charge in [-0.2, -0.15) is 0 Å². The van der Waals surface area contributed by atoms with Crippen LogP contribution in [0.4, 0.5) is 0 Å². The van der Waals surface area contributed by atoms with Crippen LogP contribution < -0.4 is 5.32 Å². The van der Waals surface area contributed by atoms with Crippen LogP contribution >= 0.6 is 23.4 Å². The van der Waals surface area contributed by atoms with Gasteiger partial charge in [-0.25, -0.2) is 4.98 Å². The molecule has 1 rings (SSSR count). The number of thioether (sulfide) groups is 1. The SMILES string of the molecule is COCC(C)NC(=O)CSc1ncccc1Cl. The fourth-order valence-corrected chi connectivity index (χ4v) is 2.20. The molecule has 1 N–H and O–H groups in total. The highest BCUT2D eigenvalue weighted by atomic mass is 35.5. The lowest BCUT2D eigenvalue weighted by Crippen LogP contribution is -2.36. The van der Waals surface area contributed by atoms with E-state index in [-0.39, 0.29) is 11.9 Å². The maximum absolute atomic E-state index is 11.6. The highest BCUT2D eigenvalue weighted by Gasteiger charge is 2.09. The third-order valence-electron chi connectivity index (χ3n) is 1.89. The first kappa shape index (κ1) is 14.3. The minimum atomic E-state index is -0.0544. The van der Waals surface area contributed by atoms with E-state index in [1.165, 1.54) is 11.8 Å². The molecule has 0 spiro atoms. The number of halogens is 1. The van der Waals surface area contributed by atoms with E-state index in [1.807, 2.05) is 6.92 Å². The number of ether oxygens (including phenoxy) is 1. The van der Waals surface area contributed by atoms with Gasteiger partial charge in [0.05, 0.1) is 17.4 Å². The van der Waals surface area contributed by atoms with E-state index in [4.69, 9.17) is 16.3 Å². The van der Waals surface area contributed by atoms with Gasteiger partial charge < -0.3 is 10.1 Å². The number of nitrogens with zero attached hydrogens (tertiary/aromatic N) is 1. The number of methoxy groups -OCH3 is 1. The molecule has 0 aliphatic rings. The van der Waals surface area contributed by atoms with Crippen molar-refractivity contribution in [3.8, 4) is 0 Å². The standard InChI is InChI=1S/C11H15ClN2O2S/c1-8(6-16-2)14-10(15)7-17-11-9(12)4-3-5-13-11/h3-5,8H,6-7H2,1-2H3,(H,14,15). The third-order valence-corrected chi connectivity index (χ3v) is 3.31. The molecule has 1 unspecified atom stereocenters. The molecule has 17 heavy (non-hydrogen) atoms. The largest absolute Gasteiger partial charge is 0.383 e. The van der Waals surface area contributed by atoms with Crippen molar-refractivity contribution in [3.63, 3.8) is 0 Å². The van der Waals surface area contributed by atoms with E-state index in [0.29, 0.717) is 22.4 Å². The van der Waals surface area contributed by atoms with Gasteiger partial charge in [0.2, 0.25) is 5.91 Å². The average Bonchev–Trinajstić information content (AvgIpc) is 2.28. The monoisotopic (exact) mass is 274 g/mol. The minimum absolute atomic E-state index is 0.00676. The third kappa shape index (κ3) is 5.39. The number of aromatic nitrogens is 1. The molecular weight excluding hydrogens is 260 g/mol. The maximum atomic E-state index is 11.6. The summed E-state index contributed by atoms with van der Waals surface area (Å²) in [6.07, 6.45) is 1.65. The second-order valence-electron chi connectivity index (χ2n) is 3.50. The molecule has 0 bridgehead atoms. The van der Waals surface area contributed by atoms with Crippen LogP contribution in [0, 0.1) is 0 Å². The Hall–Kier alpha value is -0.780. The Kier molecular flexibility index (Phi) is 6.32. The first-order chi connectivity index (χ1) is 8.13. The number of nitrogens with one attached hydrogen (secondary N) is 1. The van der Waals surface area contributed by atoms with Gasteiger partial charge in [0.25, 0.3) is 0 Å². The molecule has 94 valence electrons. The molecule has 0 aromatic carbocycles. The molecule has 1 atom stereocenters. The summed E-state index contributed by atoms with van der Waals surface area (Å²) in [4.78, 5) is 15.6. The zero-order chi connectivity index (χ0) is 12.7. The molecule has 0 radical (unpaired) electrons.